The summed E-state index contributed by atoms with van der Waals surface area (Å²) in [7, 11) is -4.17. The van der Waals surface area contributed by atoms with Crippen LogP contribution in [0, 0.1) is 5.92 Å². The quantitative estimate of drug-likeness (QED) is 0.539. The molecule has 8 heteroatoms. The maximum Gasteiger partial charge on any atom is 0.266 e. The fourth-order valence-corrected chi connectivity index (χ4v) is 4.68. The summed E-state index contributed by atoms with van der Waals surface area (Å²) in [5.41, 5.74) is 4.46. The van der Waals surface area contributed by atoms with Crippen molar-refractivity contribution in [3.63, 3.8) is 0 Å². The van der Waals surface area contributed by atoms with E-state index in [1.165, 1.54) is 26.0 Å². The molecule has 1 aromatic heterocycles. The van der Waals surface area contributed by atoms with Crippen molar-refractivity contribution in [2.75, 3.05) is 0 Å². The lowest BCUT2D eigenvalue weighted by molar-refractivity contribution is -0.142. The number of hydrogen-bond donors (Lipinski definition) is 3. The van der Waals surface area contributed by atoms with Gasteiger partial charge in [0.1, 0.15) is 11.3 Å². The highest BCUT2D eigenvalue weighted by atomic mass is 32.2. The number of benzene rings is 1. The van der Waals surface area contributed by atoms with Crippen LogP contribution in [-0.4, -0.2) is 25.2 Å². The highest BCUT2D eigenvalue weighted by Crippen LogP contribution is 2.32. The molecule has 0 radical (unpaired) electrons. The minimum Gasteiger partial charge on any atom is -0.461 e. The zero-order valence-corrected chi connectivity index (χ0v) is 15.7. The summed E-state index contributed by atoms with van der Waals surface area (Å²) in [5.74, 6) is -0.976. The Morgan fingerprint density at radius 1 is 1.27 bits per heavy atom. The van der Waals surface area contributed by atoms with Gasteiger partial charge >= 0.3 is 0 Å². The van der Waals surface area contributed by atoms with Crippen molar-refractivity contribution in [3.05, 3.63) is 29.5 Å². The number of furan rings is 1. The number of amides is 1. The van der Waals surface area contributed by atoms with Crippen molar-refractivity contribution in [1.82, 2.24) is 4.72 Å². The molecule has 1 amide bonds. The summed E-state index contributed by atoms with van der Waals surface area (Å²) in [5, 5.41) is 11.3. The second-order valence-corrected chi connectivity index (χ2v) is 8.80. The monoisotopic (exact) mass is 380 g/mol. The molecule has 7 nitrogen and oxygen atoms in total. The van der Waals surface area contributed by atoms with Gasteiger partial charge in [-0.1, -0.05) is 20.3 Å². The minimum atomic E-state index is -4.17. The maximum absolute atomic E-state index is 12.7. The van der Waals surface area contributed by atoms with Crippen LogP contribution in [0.4, 0.5) is 0 Å². The molecule has 4 N–H and O–H groups in total. The summed E-state index contributed by atoms with van der Waals surface area (Å²) >= 11 is 0. The van der Waals surface area contributed by atoms with Crippen molar-refractivity contribution in [3.8, 4) is 0 Å². The molecule has 0 saturated heterocycles. The van der Waals surface area contributed by atoms with Gasteiger partial charge in [0.05, 0.1) is 4.90 Å². The normalized spacial score (nSPS) is 17.7. The first kappa shape index (κ1) is 18.9. The van der Waals surface area contributed by atoms with Crippen molar-refractivity contribution >= 4 is 26.9 Å². The van der Waals surface area contributed by atoms with E-state index in [1.807, 2.05) is 4.72 Å². The largest absolute Gasteiger partial charge is 0.461 e. The number of nitrogens with two attached hydrogens (primary N) is 1. The van der Waals surface area contributed by atoms with E-state index in [2.05, 4.69) is 0 Å². The van der Waals surface area contributed by atoms with E-state index in [-0.39, 0.29) is 4.90 Å². The van der Waals surface area contributed by atoms with Gasteiger partial charge in [-0.15, -0.1) is 0 Å². The fourth-order valence-electron chi connectivity index (χ4n) is 3.30. The lowest BCUT2D eigenvalue weighted by Gasteiger charge is -2.29. The Hall–Kier alpha value is -1.90. The van der Waals surface area contributed by atoms with Crippen LogP contribution in [0.5, 0.6) is 0 Å². The van der Waals surface area contributed by atoms with Crippen molar-refractivity contribution in [2.45, 2.75) is 56.6 Å². The third-order valence-corrected chi connectivity index (χ3v) is 6.44. The van der Waals surface area contributed by atoms with Gasteiger partial charge in [0.25, 0.3) is 5.91 Å². The fraction of sp³-hybridized carbons (Fsp3) is 0.500. The van der Waals surface area contributed by atoms with Crippen LogP contribution in [0.25, 0.3) is 11.0 Å². The van der Waals surface area contributed by atoms with Crippen LogP contribution in [0.3, 0.4) is 0 Å². The van der Waals surface area contributed by atoms with Gasteiger partial charge in [-0.3, -0.25) is 4.79 Å². The lowest BCUT2D eigenvalue weighted by atomic mass is 10.0. The van der Waals surface area contributed by atoms with Crippen LogP contribution in [0.15, 0.2) is 27.5 Å². The molecule has 1 aliphatic rings. The number of carbonyl (C=O) groups is 1. The molecule has 0 bridgehead atoms. The van der Waals surface area contributed by atoms with E-state index in [1.54, 1.807) is 6.07 Å². The molecule has 1 aromatic carbocycles. The van der Waals surface area contributed by atoms with Gasteiger partial charge in [0.2, 0.25) is 15.7 Å². The van der Waals surface area contributed by atoms with Gasteiger partial charge in [-0.2, -0.15) is 4.72 Å². The molecule has 0 saturated carbocycles. The molecule has 0 aliphatic heterocycles. The van der Waals surface area contributed by atoms with E-state index in [4.69, 9.17) is 10.2 Å². The molecule has 1 heterocycles. The Morgan fingerprint density at radius 3 is 2.62 bits per heavy atom. The molecule has 1 aliphatic carbocycles. The summed E-state index contributed by atoms with van der Waals surface area (Å²) in [6, 6.07) is 4.59. The van der Waals surface area contributed by atoms with E-state index < -0.39 is 27.6 Å². The molecule has 0 fully saturated rings. The third-order valence-electron chi connectivity index (χ3n) is 4.99. The van der Waals surface area contributed by atoms with Crippen LogP contribution in [0.2, 0.25) is 0 Å². The van der Waals surface area contributed by atoms with Crippen molar-refractivity contribution < 1.29 is 22.7 Å². The summed E-state index contributed by atoms with van der Waals surface area (Å²) in [6.07, 6.45) is 5.06. The maximum atomic E-state index is 12.7. The first-order chi connectivity index (χ1) is 12.1. The van der Waals surface area contributed by atoms with Gasteiger partial charge in [0, 0.05) is 29.4 Å². The number of hydrogen-bond acceptors (Lipinski definition) is 5. The standard InChI is InChI=1S/C18H24N2O5S/c1-11(2)18(22,17(19)21)20-26(23,24)12-8-9-14-13-6-4-3-5-7-15(13)25-16(14)10-12/h8-11,20,22H,3-7H2,1-2H3,(H2,19,21). The smallest absolute Gasteiger partial charge is 0.266 e. The van der Waals surface area contributed by atoms with Gasteiger partial charge in [-0.25, -0.2) is 8.42 Å². The molecular weight excluding hydrogens is 356 g/mol. The number of carbonyl (C=O) groups excluding carboxylic acids is 1. The highest BCUT2D eigenvalue weighted by Gasteiger charge is 2.42. The van der Waals surface area contributed by atoms with E-state index in [0.29, 0.717) is 5.58 Å². The van der Waals surface area contributed by atoms with Crippen molar-refractivity contribution in [2.24, 2.45) is 11.7 Å². The molecule has 142 valence electrons. The van der Waals surface area contributed by atoms with Crippen LogP contribution in [-0.2, 0) is 27.7 Å². The van der Waals surface area contributed by atoms with Crippen molar-refractivity contribution in [1.29, 1.82) is 0 Å². The Balaban J connectivity index is 2.00. The second-order valence-electron chi connectivity index (χ2n) is 7.11. The number of aliphatic hydroxyl groups is 1. The number of fused-ring (bicyclic) bond motifs is 3. The van der Waals surface area contributed by atoms with Crippen LogP contribution in [0.1, 0.15) is 44.4 Å². The predicted octanol–water partition coefficient (Wildman–Crippen LogP) is 1.81. The first-order valence-electron chi connectivity index (χ1n) is 8.75. The SMILES string of the molecule is CC(C)C(O)(NS(=O)(=O)c1ccc2c3c(oc2c1)CCCCC3)C(N)=O. The molecule has 0 spiro atoms. The second kappa shape index (κ2) is 6.68. The number of aryl methyl sites for hydroxylation is 2. The molecule has 1 unspecified atom stereocenters. The van der Waals surface area contributed by atoms with Gasteiger partial charge < -0.3 is 15.3 Å². The Kier molecular flexibility index (Phi) is 4.85. The first-order valence-corrected chi connectivity index (χ1v) is 10.2. The van der Waals surface area contributed by atoms with Gasteiger partial charge in [-0.05, 0) is 31.4 Å². The number of rotatable bonds is 5. The number of nitrogens with one attached hydrogen (secondary N) is 1. The molecular formula is C18H24N2O5S. The van der Waals surface area contributed by atoms with Crippen LogP contribution < -0.4 is 10.5 Å². The summed E-state index contributed by atoms with van der Waals surface area (Å²) in [4.78, 5) is 11.5. The third kappa shape index (κ3) is 3.24. The molecule has 2 aromatic rings. The van der Waals surface area contributed by atoms with Gasteiger partial charge in [0.15, 0.2) is 0 Å². The summed E-state index contributed by atoms with van der Waals surface area (Å²) in [6.45, 7) is 3.00. The Bertz CT molecular complexity index is 948. The number of primary amides is 1. The summed E-state index contributed by atoms with van der Waals surface area (Å²) < 4.78 is 33.3. The molecule has 1 atom stereocenters. The zero-order chi connectivity index (χ0) is 19.1. The average molecular weight is 380 g/mol. The molecule has 3 rings (SSSR count). The Morgan fingerprint density at radius 2 is 1.96 bits per heavy atom. The Labute approximate surface area is 152 Å². The average Bonchev–Trinajstić information content (AvgIpc) is 2.74. The highest BCUT2D eigenvalue weighted by molar-refractivity contribution is 7.89. The minimum absolute atomic E-state index is 0.0887. The molecule has 26 heavy (non-hydrogen) atoms. The van der Waals surface area contributed by atoms with E-state index in [9.17, 15) is 18.3 Å². The van der Waals surface area contributed by atoms with E-state index in [0.717, 1.165) is 48.8 Å². The zero-order valence-electron chi connectivity index (χ0n) is 14.9. The van der Waals surface area contributed by atoms with Crippen LogP contribution >= 0.6 is 0 Å². The predicted molar refractivity (Wildman–Crippen MR) is 96.8 cm³/mol. The lowest BCUT2D eigenvalue weighted by Crippen LogP contribution is -2.60. The topological polar surface area (TPSA) is 123 Å². The van der Waals surface area contributed by atoms with E-state index >= 15 is 0 Å². The number of sulfonamides is 1.